The van der Waals surface area contributed by atoms with Crippen molar-refractivity contribution in [2.24, 2.45) is 0 Å². The topological polar surface area (TPSA) is 65.0 Å². The fourth-order valence-corrected chi connectivity index (χ4v) is 0.681. The Morgan fingerprint density at radius 1 is 1.73 bits per heavy atom. The van der Waals surface area contributed by atoms with Gasteiger partial charge < -0.3 is 19.3 Å². The highest BCUT2D eigenvalue weighted by atomic mass is 16.8. The largest absolute Gasteiger partial charge is 0.433 e. The van der Waals surface area contributed by atoms with E-state index in [2.05, 4.69) is 0 Å². The van der Waals surface area contributed by atoms with Crippen molar-refractivity contribution in [1.82, 2.24) is 0 Å². The first-order chi connectivity index (χ1) is 5.33. The number of hydrogen-bond donors (Lipinski definition) is 1. The molecule has 0 saturated carbocycles. The average Bonchev–Trinajstić information content (AvgIpc) is 2.40. The molecule has 5 heteroatoms. The molecular weight excluding hydrogens is 152 g/mol. The quantitative estimate of drug-likeness (QED) is 0.553. The Hall–Kier alpha value is -0.650. The number of esters is 1. The third kappa shape index (κ3) is 2.83. The van der Waals surface area contributed by atoms with Gasteiger partial charge in [0, 0.05) is 0 Å². The van der Waals surface area contributed by atoms with Crippen LogP contribution >= 0.6 is 0 Å². The molecule has 1 rings (SSSR count). The number of hydrogen-bond acceptors (Lipinski definition) is 5. The smallest absolute Gasteiger partial charge is 0.310 e. The molecule has 1 aliphatic heterocycles. The van der Waals surface area contributed by atoms with Gasteiger partial charge in [-0.15, -0.1) is 0 Å². The van der Waals surface area contributed by atoms with E-state index in [9.17, 15) is 4.79 Å². The molecule has 1 fully saturated rings. The molecule has 1 saturated heterocycles. The van der Waals surface area contributed by atoms with Gasteiger partial charge in [-0.2, -0.15) is 0 Å². The van der Waals surface area contributed by atoms with Crippen LogP contribution in [-0.2, 0) is 19.0 Å². The van der Waals surface area contributed by atoms with Gasteiger partial charge in [-0.25, -0.2) is 0 Å². The molecular formula is C6H10O5. The van der Waals surface area contributed by atoms with Gasteiger partial charge in [0.2, 0.25) is 6.29 Å². The SMILES string of the molecule is O=C(CCO)OC1COCO1. The van der Waals surface area contributed by atoms with Crippen LogP contribution in [0.2, 0.25) is 0 Å². The minimum absolute atomic E-state index is 0.000139. The lowest BCUT2D eigenvalue weighted by Crippen LogP contribution is -2.20. The molecule has 1 atom stereocenters. The Balaban J connectivity index is 2.13. The van der Waals surface area contributed by atoms with Crippen molar-refractivity contribution in [3.05, 3.63) is 0 Å². The molecule has 1 N–H and O–H groups in total. The van der Waals surface area contributed by atoms with E-state index in [0.717, 1.165) is 0 Å². The summed E-state index contributed by atoms with van der Waals surface area (Å²) in [5.74, 6) is -0.469. The number of aliphatic hydroxyl groups excluding tert-OH is 1. The van der Waals surface area contributed by atoms with Crippen LogP contribution in [0, 0.1) is 0 Å². The average molecular weight is 162 g/mol. The molecule has 1 aliphatic rings. The lowest BCUT2D eigenvalue weighted by Gasteiger charge is -2.07. The maximum atomic E-state index is 10.7. The zero-order valence-corrected chi connectivity index (χ0v) is 5.99. The Morgan fingerprint density at radius 3 is 3.09 bits per heavy atom. The first kappa shape index (κ1) is 8.45. The molecule has 0 aromatic rings. The van der Waals surface area contributed by atoms with Crippen molar-refractivity contribution in [3.63, 3.8) is 0 Å². The van der Waals surface area contributed by atoms with E-state index >= 15 is 0 Å². The van der Waals surface area contributed by atoms with Gasteiger partial charge in [-0.05, 0) is 0 Å². The van der Waals surface area contributed by atoms with Crippen LogP contribution in [0.3, 0.4) is 0 Å². The summed E-state index contributed by atoms with van der Waals surface area (Å²) in [5.41, 5.74) is 0. The molecule has 0 spiro atoms. The summed E-state index contributed by atoms with van der Waals surface area (Å²) in [5, 5.41) is 8.34. The highest BCUT2D eigenvalue weighted by Gasteiger charge is 2.19. The predicted octanol–water partition coefficient (Wildman–Crippen LogP) is -0.758. The van der Waals surface area contributed by atoms with E-state index in [-0.39, 0.29) is 26.4 Å². The maximum Gasteiger partial charge on any atom is 0.310 e. The molecule has 1 unspecified atom stereocenters. The third-order valence-electron chi connectivity index (χ3n) is 1.17. The zero-order chi connectivity index (χ0) is 8.10. The number of ether oxygens (including phenoxy) is 3. The molecule has 5 nitrogen and oxygen atoms in total. The molecule has 64 valence electrons. The fourth-order valence-electron chi connectivity index (χ4n) is 0.681. The summed E-state index contributed by atoms with van der Waals surface area (Å²) in [4.78, 5) is 10.7. The molecule has 0 aromatic heterocycles. The zero-order valence-electron chi connectivity index (χ0n) is 5.99. The van der Waals surface area contributed by atoms with Crippen LogP contribution in [0.25, 0.3) is 0 Å². The molecule has 0 amide bonds. The lowest BCUT2D eigenvalue weighted by molar-refractivity contribution is -0.168. The summed E-state index contributed by atoms with van der Waals surface area (Å²) in [6.07, 6.45) is -0.589. The van der Waals surface area contributed by atoms with E-state index in [4.69, 9.17) is 19.3 Å². The normalized spacial score (nSPS) is 23.5. The van der Waals surface area contributed by atoms with Gasteiger partial charge in [0.25, 0.3) is 0 Å². The molecule has 0 radical (unpaired) electrons. The number of aliphatic hydroxyl groups is 1. The lowest BCUT2D eigenvalue weighted by atomic mass is 10.5. The van der Waals surface area contributed by atoms with Crippen LogP contribution in [0.15, 0.2) is 0 Å². The van der Waals surface area contributed by atoms with Crippen molar-refractivity contribution >= 4 is 5.97 Å². The minimum atomic E-state index is -0.589. The van der Waals surface area contributed by atoms with Crippen molar-refractivity contribution in [1.29, 1.82) is 0 Å². The van der Waals surface area contributed by atoms with Crippen LogP contribution in [0.4, 0.5) is 0 Å². The predicted molar refractivity (Wildman–Crippen MR) is 33.5 cm³/mol. The first-order valence-corrected chi connectivity index (χ1v) is 3.32. The van der Waals surface area contributed by atoms with E-state index in [1.165, 1.54) is 0 Å². The Kier molecular flexibility index (Phi) is 3.28. The number of carbonyl (C=O) groups excluding carboxylic acids is 1. The highest BCUT2D eigenvalue weighted by Crippen LogP contribution is 2.05. The van der Waals surface area contributed by atoms with Crippen LogP contribution < -0.4 is 0 Å². The summed E-state index contributed by atoms with van der Waals surface area (Å²) in [6, 6.07) is 0. The second kappa shape index (κ2) is 4.27. The molecule has 1 heterocycles. The third-order valence-corrected chi connectivity index (χ3v) is 1.17. The Morgan fingerprint density at radius 2 is 2.55 bits per heavy atom. The summed E-state index contributed by atoms with van der Waals surface area (Å²) in [6.45, 7) is 0.237. The second-order valence-electron chi connectivity index (χ2n) is 2.05. The van der Waals surface area contributed by atoms with E-state index in [1.54, 1.807) is 0 Å². The van der Waals surface area contributed by atoms with Gasteiger partial charge in [0.15, 0.2) is 6.79 Å². The van der Waals surface area contributed by atoms with Gasteiger partial charge >= 0.3 is 5.97 Å². The van der Waals surface area contributed by atoms with Gasteiger partial charge in [-0.1, -0.05) is 0 Å². The summed E-state index contributed by atoms with van der Waals surface area (Å²) in [7, 11) is 0. The van der Waals surface area contributed by atoms with E-state index in [1.807, 2.05) is 0 Å². The van der Waals surface area contributed by atoms with Gasteiger partial charge in [0.05, 0.1) is 13.0 Å². The van der Waals surface area contributed by atoms with Crippen LogP contribution in [0.5, 0.6) is 0 Å². The number of rotatable bonds is 3. The van der Waals surface area contributed by atoms with Gasteiger partial charge in [-0.3, -0.25) is 4.79 Å². The first-order valence-electron chi connectivity index (χ1n) is 3.32. The van der Waals surface area contributed by atoms with Crippen molar-refractivity contribution in [3.8, 4) is 0 Å². The van der Waals surface area contributed by atoms with Crippen molar-refractivity contribution in [2.75, 3.05) is 20.0 Å². The van der Waals surface area contributed by atoms with E-state index < -0.39 is 12.3 Å². The fraction of sp³-hybridized carbons (Fsp3) is 0.833. The highest BCUT2D eigenvalue weighted by molar-refractivity contribution is 5.69. The Bertz CT molecular complexity index is 129. The summed E-state index contributed by atoms with van der Waals surface area (Å²) >= 11 is 0. The Labute approximate surface area is 63.9 Å². The maximum absolute atomic E-state index is 10.7. The van der Waals surface area contributed by atoms with Crippen molar-refractivity contribution < 1.29 is 24.1 Å². The van der Waals surface area contributed by atoms with Crippen LogP contribution in [0.1, 0.15) is 6.42 Å². The molecule has 0 bridgehead atoms. The van der Waals surface area contributed by atoms with Crippen LogP contribution in [-0.4, -0.2) is 37.4 Å². The molecule has 0 aromatic carbocycles. The summed E-state index contributed by atoms with van der Waals surface area (Å²) < 4.78 is 14.3. The minimum Gasteiger partial charge on any atom is -0.433 e. The molecule has 0 aliphatic carbocycles. The standard InChI is InChI=1S/C6H10O5/c7-2-1-5(8)11-6-3-9-4-10-6/h6-7H,1-4H2. The molecule has 11 heavy (non-hydrogen) atoms. The van der Waals surface area contributed by atoms with Crippen molar-refractivity contribution in [2.45, 2.75) is 12.7 Å². The van der Waals surface area contributed by atoms with Gasteiger partial charge in [0.1, 0.15) is 6.61 Å². The monoisotopic (exact) mass is 162 g/mol. The number of carbonyl (C=O) groups is 1. The van der Waals surface area contributed by atoms with E-state index in [0.29, 0.717) is 0 Å². The second-order valence-corrected chi connectivity index (χ2v) is 2.05.